The van der Waals surface area contributed by atoms with E-state index in [1.54, 1.807) is 37.0 Å². The van der Waals surface area contributed by atoms with Gasteiger partial charge in [-0.05, 0) is 49.3 Å². The van der Waals surface area contributed by atoms with Crippen molar-refractivity contribution >= 4 is 11.7 Å². The van der Waals surface area contributed by atoms with Gasteiger partial charge in [-0.15, -0.1) is 0 Å². The first-order valence-electron chi connectivity index (χ1n) is 8.49. The van der Waals surface area contributed by atoms with Gasteiger partial charge < -0.3 is 20.2 Å². The van der Waals surface area contributed by atoms with Crippen molar-refractivity contribution in [3.63, 3.8) is 0 Å². The van der Waals surface area contributed by atoms with Gasteiger partial charge in [0, 0.05) is 40.3 Å². The molecule has 0 bridgehead atoms. The number of amides is 2. The van der Waals surface area contributed by atoms with E-state index in [0.29, 0.717) is 18.2 Å². The molecule has 1 saturated carbocycles. The molecular formula is C18H28FN3O2. The minimum atomic E-state index is -0.289. The third-order valence-electron chi connectivity index (χ3n) is 4.88. The highest BCUT2D eigenvalue weighted by molar-refractivity contribution is 5.74. The van der Waals surface area contributed by atoms with E-state index in [9.17, 15) is 14.3 Å². The van der Waals surface area contributed by atoms with Gasteiger partial charge in [-0.25, -0.2) is 9.18 Å². The van der Waals surface area contributed by atoms with E-state index in [1.165, 1.54) is 6.07 Å². The Morgan fingerprint density at radius 2 is 1.92 bits per heavy atom. The highest BCUT2D eigenvalue weighted by atomic mass is 19.1. The molecule has 0 heterocycles. The number of benzene rings is 1. The zero-order valence-electron chi connectivity index (χ0n) is 14.8. The van der Waals surface area contributed by atoms with Gasteiger partial charge in [0.15, 0.2) is 0 Å². The summed E-state index contributed by atoms with van der Waals surface area (Å²) in [5.74, 6) is 0.0818. The number of urea groups is 1. The molecule has 134 valence electrons. The van der Waals surface area contributed by atoms with Crippen LogP contribution in [-0.4, -0.2) is 49.8 Å². The van der Waals surface area contributed by atoms with Gasteiger partial charge in [-0.2, -0.15) is 0 Å². The highest BCUT2D eigenvalue weighted by Gasteiger charge is 2.26. The molecule has 1 aromatic rings. The van der Waals surface area contributed by atoms with E-state index >= 15 is 0 Å². The SMILES string of the molecule is CN(C)c1ccc(CNC(=O)N(C)C2CCC(CO)CC2)cc1F. The second-order valence-corrected chi connectivity index (χ2v) is 6.81. The number of anilines is 1. The fourth-order valence-corrected chi connectivity index (χ4v) is 3.21. The van der Waals surface area contributed by atoms with Crippen LogP contribution in [0.2, 0.25) is 0 Å². The Balaban J connectivity index is 1.85. The summed E-state index contributed by atoms with van der Waals surface area (Å²) in [4.78, 5) is 15.7. The van der Waals surface area contributed by atoms with Crippen LogP contribution in [0.1, 0.15) is 31.2 Å². The summed E-state index contributed by atoms with van der Waals surface area (Å²) in [5, 5.41) is 12.0. The smallest absolute Gasteiger partial charge is 0.317 e. The Labute approximate surface area is 143 Å². The number of aliphatic hydroxyl groups excluding tert-OH is 1. The van der Waals surface area contributed by atoms with Crippen LogP contribution in [-0.2, 0) is 6.54 Å². The van der Waals surface area contributed by atoms with Crippen molar-refractivity contribution < 1.29 is 14.3 Å². The van der Waals surface area contributed by atoms with Gasteiger partial charge >= 0.3 is 6.03 Å². The van der Waals surface area contributed by atoms with E-state index in [0.717, 1.165) is 31.2 Å². The zero-order valence-corrected chi connectivity index (χ0v) is 14.8. The second kappa shape index (κ2) is 8.33. The Hall–Kier alpha value is -1.82. The molecule has 0 aromatic heterocycles. The van der Waals surface area contributed by atoms with Gasteiger partial charge in [-0.3, -0.25) is 0 Å². The summed E-state index contributed by atoms with van der Waals surface area (Å²) in [5.41, 5.74) is 1.27. The molecular weight excluding hydrogens is 309 g/mol. The predicted molar refractivity (Wildman–Crippen MR) is 93.6 cm³/mol. The summed E-state index contributed by atoms with van der Waals surface area (Å²) < 4.78 is 14.0. The van der Waals surface area contributed by atoms with Crippen LogP contribution in [0.5, 0.6) is 0 Å². The molecule has 1 aliphatic carbocycles. The number of nitrogens with zero attached hydrogens (tertiary/aromatic N) is 2. The van der Waals surface area contributed by atoms with Gasteiger partial charge in [0.05, 0.1) is 5.69 Å². The Bertz CT molecular complexity index is 557. The van der Waals surface area contributed by atoms with E-state index in [2.05, 4.69) is 5.32 Å². The van der Waals surface area contributed by atoms with Crippen molar-refractivity contribution in [2.45, 2.75) is 38.3 Å². The van der Waals surface area contributed by atoms with Gasteiger partial charge in [-0.1, -0.05) is 6.07 Å². The standard InChI is InChI=1S/C18H28FN3O2/c1-21(2)17-9-6-14(10-16(17)19)11-20-18(24)22(3)15-7-4-13(12-23)5-8-15/h6,9-10,13,15,23H,4-5,7-8,11-12H2,1-3H3,(H,20,24). The lowest BCUT2D eigenvalue weighted by Gasteiger charge is -2.34. The quantitative estimate of drug-likeness (QED) is 0.868. The fourth-order valence-electron chi connectivity index (χ4n) is 3.21. The van der Waals surface area contributed by atoms with Gasteiger partial charge in [0.2, 0.25) is 0 Å². The zero-order chi connectivity index (χ0) is 17.7. The van der Waals surface area contributed by atoms with Crippen LogP contribution in [0.15, 0.2) is 18.2 Å². The average Bonchev–Trinajstić information content (AvgIpc) is 2.58. The first-order chi connectivity index (χ1) is 11.4. The molecule has 2 N–H and O–H groups in total. The number of hydrogen-bond donors (Lipinski definition) is 2. The Morgan fingerprint density at radius 1 is 1.25 bits per heavy atom. The van der Waals surface area contributed by atoms with Crippen LogP contribution >= 0.6 is 0 Å². The third kappa shape index (κ3) is 4.60. The maximum absolute atomic E-state index is 14.0. The third-order valence-corrected chi connectivity index (χ3v) is 4.88. The summed E-state index contributed by atoms with van der Waals surface area (Å²) in [6.45, 7) is 0.539. The number of rotatable bonds is 5. The maximum atomic E-state index is 14.0. The number of aliphatic hydroxyl groups is 1. The van der Waals surface area contributed by atoms with Crippen LogP contribution in [0.4, 0.5) is 14.9 Å². The van der Waals surface area contributed by atoms with Crippen molar-refractivity contribution in [1.29, 1.82) is 0 Å². The maximum Gasteiger partial charge on any atom is 0.317 e. The van der Waals surface area contributed by atoms with Crippen LogP contribution in [0.3, 0.4) is 0 Å². The summed E-state index contributed by atoms with van der Waals surface area (Å²) in [7, 11) is 5.38. The Morgan fingerprint density at radius 3 is 2.46 bits per heavy atom. The minimum Gasteiger partial charge on any atom is -0.396 e. The minimum absolute atomic E-state index is 0.139. The summed E-state index contributed by atoms with van der Waals surface area (Å²) in [6.07, 6.45) is 3.74. The molecule has 2 rings (SSSR count). The summed E-state index contributed by atoms with van der Waals surface area (Å²) >= 11 is 0. The van der Waals surface area contributed by atoms with Crippen LogP contribution in [0.25, 0.3) is 0 Å². The monoisotopic (exact) mass is 337 g/mol. The summed E-state index contributed by atoms with van der Waals surface area (Å²) in [6, 6.07) is 5.07. The van der Waals surface area contributed by atoms with E-state index in [1.807, 2.05) is 6.07 Å². The van der Waals surface area contributed by atoms with Crippen molar-refractivity contribution in [3.8, 4) is 0 Å². The second-order valence-electron chi connectivity index (χ2n) is 6.81. The normalized spacial score (nSPS) is 20.5. The van der Waals surface area contributed by atoms with E-state index in [4.69, 9.17) is 0 Å². The van der Waals surface area contributed by atoms with E-state index in [-0.39, 0.29) is 24.5 Å². The number of nitrogens with one attached hydrogen (secondary N) is 1. The molecule has 6 heteroatoms. The molecule has 0 unspecified atom stereocenters. The predicted octanol–water partition coefficient (Wildman–Crippen LogP) is 2.58. The molecule has 0 saturated heterocycles. The first-order valence-corrected chi connectivity index (χ1v) is 8.49. The van der Waals surface area contributed by atoms with Crippen molar-refractivity contribution in [1.82, 2.24) is 10.2 Å². The average molecular weight is 337 g/mol. The molecule has 0 atom stereocenters. The highest BCUT2D eigenvalue weighted by Crippen LogP contribution is 2.26. The molecule has 1 aromatic carbocycles. The largest absolute Gasteiger partial charge is 0.396 e. The molecule has 0 aliphatic heterocycles. The first kappa shape index (κ1) is 18.5. The number of hydrogen-bond acceptors (Lipinski definition) is 3. The van der Waals surface area contributed by atoms with Gasteiger partial charge in [0.1, 0.15) is 5.82 Å². The van der Waals surface area contributed by atoms with Crippen molar-refractivity contribution in [2.24, 2.45) is 5.92 Å². The molecule has 24 heavy (non-hydrogen) atoms. The number of halogens is 1. The molecule has 0 radical (unpaired) electrons. The van der Waals surface area contributed by atoms with Crippen LogP contribution in [0, 0.1) is 11.7 Å². The molecule has 1 aliphatic rings. The molecule has 2 amide bonds. The van der Waals surface area contributed by atoms with Crippen LogP contribution < -0.4 is 10.2 Å². The lowest BCUT2D eigenvalue weighted by molar-refractivity contribution is 0.134. The lowest BCUT2D eigenvalue weighted by atomic mass is 9.86. The molecule has 5 nitrogen and oxygen atoms in total. The Kier molecular flexibility index (Phi) is 6.43. The topological polar surface area (TPSA) is 55.8 Å². The van der Waals surface area contributed by atoms with E-state index < -0.39 is 0 Å². The van der Waals surface area contributed by atoms with Gasteiger partial charge in [0.25, 0.3) is 0 Å². The number of carbonyl (C=O) groups is 1. The van der Waals surface area contributed by atoms with Crippen molar-refractivity contribution in [3.05, 3.63) is 29.6 Å². The lowest BCUT2D eigenvalue weighted by Crippen LogP contribution is -2.45. The molecule has 0 spiro atoms. The fraction of sp³-hybridized carbons (Fsp3) is 0.611. The number of carbonyl (C=O) groups excluding carboxylic acids is 1. The van der Waals surface area contributed by atoms with Crippen molar-refractivity contribution in [2.75, 3.05) is 32.6 Å². The molecule has 1 fully saturated rings.